The van der Waals surface area contributed by atoms with Crippen molar-refractivity contribution in [3.8, 4) is 0 Å². The summed E-state index contributed by atoms with van der Waals surface area (Å²) in [6.45, 7) is 1.95. The minimum Gasteiger partial charge on any atom is -0.475 e. The van der Waals surface area contributed by atoms with Crippen molar-refractivity contribution >= 4 is 17.6 Å². The maximum absolute atomic E-state index is 12.1. The lowest BCUT2D eigenvalue weighted by molar-refractivity contribution is 0.0651. The molecule has 0 aliphatic heterocycles. The van der Waals surface area contributed by atoms with Crippen LogP contribution in [0.15, 0.2) is 34.9 Å². The molecule has 6 heteroatoms. The molecule has 2 rings (SSSR count). The Hall–Kier alpha value is -2.63. The number of amides is 1. The fourth-order valence-corrected chi connectivity index (χ4v) is 1.53. The molecule has 0 atom stereocenters. The van der Waals surface area contributed by atoms with Gasteiger partial charge in [-0.05, 0) is 19.1 Å². The number of hydrogen-bond acceptors (Lipinski definition) is 4. The SMILES string of the molecule is Cc1ccc(N(C)C(=O)c2cc(C(=O)O)on2)cc1. The van der Waals surface area contributed by atoms with Crippen LogP contribution in [0.2, 0.25) is 0 Å². The maximum Gasteiger partial charge on any atom is 0.374 e. The summed E-state index contributed by atoms with van der Waals surface area (Å²) in [4.78, 5) is 24.1. The lowest BCUT2D eigenvalue weighted by atomic mass is 10.2. The third-order valence-corrected chi connectivity index (χ3v) is 2.67. The number of aryl methyl sites for hydroxylation is 1. The highest BCUT2D eigenvalue weighted by molar-refractivity contribution is 6.05. The number of benzene rings is 1. The van der Waals surface area contributed by atoms with E-state index in [0.29, 0.717) is 5.69 Å². The van der Waals surface area contributed by atoms with Crippen molar-refractivity contribution in [1.29, 1.82) is 0 Å². The molecule has 0 fully saturated rings. The van der Waals surface area contributed by atoms with Gasteiger partial charge in [0.05, 0.1) is 0 Å². The Morgan fingerprint density at radius 2 is 1.89 bits per heavy atom. The Balaban J connectivity index is 2.22. The molecule has 0 aliphatic carbocycles. The predicted octanol–water partition coefficient (Wildman–Crippen LogP) is 1.96. The van der Waals surface area contributed by atoms with Gasteiger partial charge in [-0.1, -0.05) is 22.9 Å². The highest BCUT2D eigenvalue weighted by Gasteiger charge is 2.20. The van der Waals surface area contributed by atoms with Crippen LogP contribution in [0.5, 0.6) is 0 Å². The summed E-state index contributed by atoms with van der Waals surface area (Å²) >= 11 is 0. The van der Waals surface area contributed by atoms with Crippen LogP contribution >= 0.6 is 0 Å². The van der Waals surface area contributed by atoms with Gasteiger partial charge in [0.15, 0.2) is 5.69 Å². The largest absolute Gasteiger partial charge is 0.475 e. The number of carboxylic acid groups (broad SMARTS) is 1. The van der Waals surface area contributed by atoms with E-state index in [1.165, 1.54) is 4.90 Å². The van der Waals surface area contributed by atoms with Crippen LogP contribution in [0, 0.1) is 6.92 Å². The molecule has 1 aromatic carbocycles. The molecule has 0 saturated heterocycles. The Kier molecular flexibility index (Phi) is 3.33. The van der Waals surface area contributed by atoms with Crippen molar-refractivity contribution in [2.24, 2.45) is 0 Å². The number of nitrogens with zero attached hydrogens (tertiary/aromatic N) is 2. The van der Waals surface area contributed by atoms with Crippen LogP contribution < -0.4 is 4.90 Å². The lowest BCUT2D eigenvalue weighted by Crippen LogP contribution is -2.26. The van der Waals surface area contributed by atoms with Gasteiger partial charge < -0.3 is 14.5 Å². The average molecular weight is 260 g/mol. The Labute approximate surface area is 109 Å². The minimum atomic E-state index is -1.26. The number of rotatable bonds is 3. The summed E-state index contributed by atoms with van der Waals surface area (Å²) in [5.41, 5.74) is 1.73. The first-order chi connectivity index (χ1) is 8.99. The van der Waals surface area contributed by atoms with Crippen molar-refractivity contribution in [1.82, 2.24) is 5.16 Å². The van der Waals surface area contributed by atoms with E-state index in [9.17, 15) is 9.59 Å². The van der Waals surface area contributed by atoms with E-state index in [4.69, 9.17) is 5.11 Å². The molecule has 0 saturated carbocycles. The number of carboxylic acids is 1. The Morgan fingerprint density at radius 3 is 2.42 bits per heavy atom. The molecular weight excluding hydrogens is 248 g/mol. The number of carbonyl (C=O) groups is 2. The molecule has 0 bridgehead atoms. The lowest BCUT2D eigenvalue weighted by Gasteiger charge is -2.15. The normalized spacial score (nSPS) is 10.2. The summed E-state index contributed by atoms with van der Waals surface area (Å²) in [7, 11) is 1.59. The van der Waals surface area contributed by atoms with E-state index in [1.54, 1.807) is 19.2 Å². The van der Waals surface area contributed by atoms with Crippen LogP contribution in [-0.2, 0) is 0 Å². The first kappa shape index (κ1) is 12.8. The standard InChI is InChI=1S/C13H12N2O4/c1-8-3-5-9(6-4-8)15(2)12(16)10-7-11(13(17)18)19-14-10/h3-7H,1-2H3,(H,17,18). The highest BCUT2D eigenvalue weighted by atomic mass is 16.5. The van der Waals surface area contributed by atoms with E-state index in [2.05, 4.69) is 9.68 Å². The van der Waals surface area contributed by atoms with E-state index in [1.807, 2.05) is 19.1 Å². The second-order valence-electron chi connectivity index (χ2n) is 4.08. The molecular formula is C13H12N2O4. The maximum atomic E-state index is 12.1. The molecule has 0 unspecified atom stereocenters. The summed E-state index contributed by atoms with van der Waals surface area (Å²) in [5, 5.41) is 12.2. The molecule has 0 aliphatic rings. The number of aromatic carboxylic acids is 1. The van der Waals surface area contributed by atoms with E-state index < -0.39 is 11.9 Å². The van der Waals surface area contributed by atoms with E-state index >= 15 is 0 Å². The summed E-state index contributed by atoms with van der Waals surface area (Å²) in [6.07, 6.45) is 0. The van der Waals surface area contributed by atoms with Gasteiger partial charge in [-0.3, -0.25) is 4.79 Å². The van der Waals surface area contributed by atoms with Crippen molar-refractivity contribution in [2.45, 2.75) is 6.92 Å². The van der Waals surface area contributed by atoms with Crippen LogP contribution in [0.3, 0.4) is 0 Å². The first-order valence-corrected chi connectivity index (χ1v) is 5.54. The number of carbonyl (C=O) groups excluding carboxylic acids is 1. The first-order valence-electron chi connectivity index (χ1n) is 5.54. The summed E-state index contributed by atoms with van der Waals surface area (Å²) in [5.74, 6) is -2.05. The predicted molar refractivity (Wildman–Crippen MR) is 67.4 cm³/mol. The third-order valence-electron chi connectivity index (χ3n) is 2.67. The highest BCUT2D eigenvalue weighted by Crippen LogP contribution is 2.16. The molecule has 1 N–H and O–H groups in total. The van der Waals surface area contributed by atoms with Crippen LogP contribution in [-0.4, -0.2) is 29.2 Å². The second-order valence-corrected chi connectivity index (χ2v) is 4.08. The van der Waals surface area contributed by atoms with E-state index in [-0.39, 0.29) is 11.5 Å². The molecule has 1 heterocycles. The smallest absolute Gasteiger partial charge is 0.374 e. The summed E-state index contributed by atoms with van der Waals surface area (Å²) < 4.78 is 4.56. The average Bonchev–Trinajstić information content (AvgIpc) is 2.87. The fraction of sp³-hybridized carbons (Fsp3) is 0.154. The van der Waals surface area contributed by atoms with Crippen molar-refractivity contribution in [3.05, 3.63) is 47.3 Å². The molecule has 0 radical (unpaired) electrons. The van der Waals surface area contributed by atoms with Gasteiger partial charge in [0, 0.05) is 18.8 Å². The van der Waals surface area contributed by atoms with Gasteiger partial charge in [0.2, 0.25) is 5.76 Å². The Morgan fingerprint density at radius 1 is 1.26 bits per heavy atom. The molecule has 1 amide bonds. The zero-order valence-corrected chi connectivity index (χ0v) is 10.5. The summed E-state index contributed by atoms with van der Waals surface area (Å²) in [6, 6.07) is 8.46. The van der Waals surface area contributed by atoms with Crippen LogP contribution in [0.25, 0.3) is 0 Å². The molecule has 2 aromatic rings. The topological polar surface area (TPSA) is 83.6 Å². The van der Waals surface area contributed by atoms with Crippen molar-refractivity contribution in [3.63, 3.8) is 0 Å². The van der Waals surface area contributed by atoms with Gasteiger partial charge in [0.25, 0.3) is 5.91 Å². The van der Waals surface area contributed by atoms with Gasteiger partial charge in [0.1, 0.15) is 0 Å². The zero-order chi connectivity index (χ0) is 14.0. The molecule has 98 valence electrons. The molecule has 0 spiro atoms. The second kappa shape index (κ2) is 4.93. The van der Waals surface area contributed by atoms with Crippen LogP contribution in [0.4, 0.5) is 5.69 Å². The van der Waals surface area contributed by atoms with E-state index in [0.717, 1.165) is 11.6 Å². The third kappa shape index (κ3) is 2.62. The molecule has 6 nitrogen and oxygen atoms in total. The molecule has 1 aromatic heterocycles. The van der Waals surface area contributed by atoms with Gasteiger partial charge >= 0.3 is 5.97 Å². The monoisotopic (exact) mass is 260 g/mol. The van der Waals surface area contributed by atoms with Gasteiger partial charge in [-0.25, -0.2) is 4.79 Å². The Bertz CT molecular complexity index is 616. The molecule has 19 heavy (non-hydrogen) atoms. The van der Waals surface area contributed by atoms with Crippen molar-refractivity contribution in [2.75, 3.05) is 11.9 Å². The fourth-order valence-electron chi connectivity index (χ4n) is 1.53. The number of aromatic nitrogens is 1. The van der Waals surface area contributed by atoms with Crippen LogP contribution in [0.1, 0.15) is 26.6 Å². The van der Waals surface area contributed by atoms with Gasteiger partial charge in [-0.15, -0.1) is 0 Å². The minimum absolute atomic E-state index is 0.0412. The van der Waals surface area contributed by atoms with Crippen molar-refractivity contribution < 1.29 is 19.2 Å². The zero-order valence-electron chi connectivity index (χ0n) is 10.5. The number of hydrogen-bond donors (Lipinski definition) is 1. The number of anilines is 1. The van der Waals surface area contributed by atoms with Gasteiger partial charge in [-0.2, -0.15) is 0 Å². The quantitative estimate of drug-likeness (QED) is 0.911.